The number of carbonyl (C=O) groups is 1. The van der Waals surface area contributed by atoms with Crippen LogP contribution in [-0.4, -0.2) is 54.0 Å². The van der Waals surface area contributed by atoms with Crippen LogP contribution >= 0.6 is 0 Å². The molecule has 28 heavy (non-hydrogen) atoms. The van der Waals surface area contributed by atoms with Crippen LogP contribution in [0.2, 0.25) is 0 Å². The second kappa shape index (κ2) is 7.93. The molecule has 4 heterocycles. The van der Waals surface area contributed by atoms with Gasteiger partial charge in [0.15, 0.2) is 0 Å². The monoisotopic (exact) mass is 380 g/mol. The van der Waals surface area contributed by atoms with Crippen LogP contribution in [0.15, 0.2) is 36.8 Å². The van der Waals surface area contributed by atoms with Crippen molar-refractivity contribution in [3.05, 3.63) is 48.1 Å². The van der Waals surface area contributed by atoms with Gasteiger partial charge in [0, 0.05) is 42.9 Å². The fourth-order valence-electron chi connectivity index (χ4n) is 3.51. The van der Waals surface area contributed by atoms with Crippen LogP contribution in [0.3, 0.4) is 0 Å². The zero-order valence-corrected chi connectivity index (χ0v) is 15.9. The molecule has 3 aromatic heterocycles. The highest BCUT2D eigenvalue weighted by atomic mass is 16.3. The largest absolute Gasteiger partial charge is 0.387 e. The molecule has 0 saturated carbocycles. The van der Waals surface area contributed by atoms with E-state index in [4.69, 9.17) is 0 Å². The van der Waals surface area contributed by atoms with E-state index in [0.29, 0.717) is 38.2 Å². The maximum atomic E-state index is 12.5. The Morgan fingerprint density at radius 2 is 2.32 bits per heavy atom. The minimum atomic E-state index is -0.602. The van der Waals surface area contributed by atoms with E-state index in [1.165, 1.54) is 11.1 Å². The summed E-state index contributed by atoms with van der Waals surface area (Å²) in [7, 11) is 0. The molecule has 0 radical (unpaired) electrons. The van der Waals surface area contributed by atoms with E-state index in [1.54, 1.807) is 17.1 Å². The number of carbonyl (C=O) groups excluding carboxylic acids is 1. The van der Waals surface area contributed by atoms with Crippen LogP contribution in [-0.2, 0) is 11.3 Å². The van der Waals surface area contributed by atoms with E-state index in [0.717, 1.165) is 17.5 Å². The quantitative estimate of drug-likeness (QED) is 0.683. The summed E-state index contributed by atoms with van der Waals surface area (Å²) in [5.74, 6) is 0.101. The van der Waals surface area contributed by atoms with E-state index in [-0.39, 0.29) is 5.91 Å². The number of aromatic amines is 1. The molecule has 2 N–H and O–H groups in total. The van der Waals surface area contributed by atoms with E-state index >= 15 is 0 Å². The van der Waals surface area contributed by atoms with Crippen molar-refractivity contribution in [2.75, 3.05) is 13.1 Å². The van der Waals surface area contributed by atoms with E-state index < -0.39 is 6.10 Å². The van der Waals surface area contributed by atoms with Gasteiger partial charge in [0.25, 0.3) is 0 Å². The summed E-state index contributed by atoms with van der Waals surface area (Å²) in [6, 6.07) is 4.00. The standard InChI is InChI=1S/C20H24N6O2/c1-2-18(27)17-13-26(24-23-17)11-7-19(28)25-9-5-14(6-10-25)16-12-22-20-15(16)4-3-8-21-20/h3-5,8,12-13,18,27H,2,6-7,9-11H2,1H3,(H,21,22). The number of aliphatic hydroxyl groups is 1. The number of nitrogens with zero attached hydrogens (tertiary/aromatic N) is 5. The highest BCUT2D eigenvalue weighted by molar-refractivity contribution is 5.91. The van der Waals surface area contributed by atoms with Gasteiger partial charge in [-0.3, -0.25) is 9.48 Å². The Balaban J connectivity index is 1.35. The predicted octanol–water partition coefficient (Wildman–Crippen LogP) is 2.30. The van der Waals surface area contributed by atoms with Gasteiger partial charge in [0.1, 0.15) is 11.3 Å². The summed E-state index contributed by atoms with van der Waals surface area (Å²) < 4.78 is 1.62. The fourth-order valence-corrected chi connectivity index (χ4v) is 3.51. The lowest BCUT2D eigenvalue weighted by atomic mass is 9.99. The van der Waals surface area contributed by atoms with Gasteiger partial charge in [-0.05, 0) is 30.5 Å². The number of hydrogen-bond donors (Lipinski definition) is 2. The third kappa shape index (κ3) is 3.68. The summed E-state index contributed by atoms with van der Waals surface area (Å²) in [5, 5.41) is 18.9. The third-order valence-electron chi connectivity index (χ3n) is 5.20. The second-order valence-electron chi connectivity index (χ2n) is 7.00. The lowest BCUT2D eigenvalue weighted by molar-refractivity contribution is -0.131. The highest BCUT2D eigenvalue weighted by Crippen LogP contribution is 2.28. The van der Waals surface area contributed by atoms with Gasteiger partial charge in [-0.1, -0.05) is 18.2 Å². The molecule has 3 aromatic rings. The molecule has 0 bridgehead atoms. The number of aryl methyl sites for hydroxylation is 1. The number of H-pyrrole nitrogens is 1. The lowest BCUT2D eigenvalue weighted by Gasteiger charge is -2.26. The average Bonchev–Trinajstić information content (AvgIpc) is 3.39. The number of pyridine rings is 1. The molecule has 4 rings (SSSR count). The Morgan fingerprint density at radius 1 is 1.43 bits per heavy atom. The smallest absolute Gasteiger partial charge is 0.224 e. The molecule has 8 heteroatoms. The van der Waals surface area contributed by atoms with Gasteiger partial charge in [-0.2, -0.15) is 0 Å². The molecule has 1 aliphatic heterocycles. The first-order valence-corrected chi connectivity index (χ1v) is 9.63. The molecule has 0 aliphatic carbocycles. The van der Waals surface area contributed by atoms with Gasteiger partial charge < -0.3 is 15.0 Å². The van der Waals surface area contributed by atoms with Crippen LogP contribution in [0.4, 0.5) is 0 Å². The number of rotatable bonds is 6. The van der Waals surface area contributed by atoms with Gasteiger partial charge in [0.05, 0.1) is 18.8 Å². The molecule has 1 amide bonds. The topological polar surface area (TPSA) is 99.9 Å². The second-order valence-corrected chi connectivity index (χ2v) is 7.00. The Hall–Kier alpha value is -3.00. The fraction of sp³-hybridized carbons (Fsp3) is 0.400. The zero-order valence-electron chi connectivity index (χ0n) is 15.9. The molecule has 8 nitrogen and oxygen atoms in total. The number of amides is 1. The minimum Gasteiger partial charge on any atom is -0.387 e. The Labute approximate surface area is 162 Å². The Morgan fingerprint density at radius 3 is 3.11 bits per heavy atom. The molecule has 146 valence electrons. The normalized spacial score (nSPS) is 15.6. The number of nitrogens with one attached hydrogen (secondary N) is 1. The first kappa shape index (κ1) is 18.4. The zero-order chi connectivity index (χ0) is 19.5. The van der Waals surface area contributed by atoms with Gasteiger partial charge in [-0.15, -0.1) is 5.10 Å². The van der Waals surface area contributed by atoms with Crippen molar-refractivity contribution in [3.8, 4) is 0 Å². The number of hydrogen-bond acceptors (Lipinski definition) is 5. The van der Waals surface area contributed by atoms with Crippen LogP contribution < -0.4 is 0 Å². The van der Waals surface area contributed by atoms with Gasteiger partial charge in [-0.25, -0.2) is 4.98 Å². The molecular weight excluding hydrogens is 356 g/mol. The van der Waals surface area contributed by atoms with Crippen molar-refractivity contribution in [1.29, 1.82) is 0 Å². The molecule has 1 aliphatic rings. The molecule has 0 aromatic carbocycles. The van der Waals surface area contributed by atoms with Crippen molar-refractivity contribution in [1.82, 2.24) is 29.9 Å². The molecule has 1 unspecified atom stereocenters. The summed E-state index contributed by atoms with van der Waals surface area (Å²) >= 11 is 0. The molecule has 0 fully saturated rings. The molecule has 0 saturated heterocycles. The van der Waals surface area contributed by atoms with E-state index in [9.17, 15) is 9.90 Å². The SMILES string of the molecule is CCC(O)c1cn(CCC(=O)N2CC=C(c3c[nH]c4ncccc34)CC2)nn1. The summed E-state index contributed by atoms with van der Waals surface area (Å²) in [6.07, 6.45) is 8.78. The van der Waals surface area contributed by atoms with Crippen molar-refractivity contribution >= 4 is 22.5 Å². The van der Waals surface area contributed by atoms with Crippen molar-refractivity contribution in [3.63, 3.8) is 0 Å². The third-order valence-corrected chi connectivity index (χ3v) is 5.20. The summed E-state index contributed by atoms with van der Waals surface area (Å²) in [5.41, 5.74) is 3.85. The lowest BCUT2D eigenvalue weighted by Crippen LogP contribution is -2.35. The average molecular weight is 380 g/mol. The Bertz CT molecular complexity index is 1000. The Kier molecular flexibility index (Phi) is 5.21. The maximum Gasteiger partial charge on any atom is 0.224 e. The molecular formula is C20H24N6O2. The number of aliphatic hydroxyl groups excluding tert-OH is 1. The first-order chi connectivity index (χ1) is 13.7. The van der Waals surface area contributed by atoms with Crippen LogP contribution in [0.1, 0.15) is 43.5 Å². The molecule has 1 atom stereocenters. The maximum absolute atomic E-state index is 12.5. The number of aromatic nitrogens is 5. The summed E-state index contributed by atoms with van der Waals surface area (Å²) in [6.45, 7) is 3.66. The van der Waals surface area contributed by atoms with Crippen LogP contribution in [0.25, 0.3) is 16.6 Å². The predicted molar refractivity (Wildman–Crippen MR) is 105 cm³/mol. The van der Waals surface area contributed by atoms with Crippen molar-refractivity contribution in [2.24, 2.45) is 0 Å². The van der Waals surface area contributed by atoms with Crippen LogP contribution in [0.5, 0.6) is 0 Å². The van der Waals surface area contributed by atoms with Gasteiger partial charge in [0.2, 0.25) is 5.91 Å². The van der Waals surface area contributed by atoms with Crippen LogP contribution in [0, 0.1) is 0 Å². The van der Waals surface area contributed by atoms with E-state index in [2.05, 4.69) is 32.4 Å². The number of fused-ring (bicyclic) bond motifs is 1. The molecule has 0 spiro atoms. The van der Waals surface area contributed by atoms with E-state index in [1.807, 2.05) is 24.1 Å². The van der Waals surface area contributed by atoms with Crippen molar-refractivity contribution < 1.29 is 9.90 Å². The summed E-state index contributed by atoms with van der Waals surface area (Å²) in [4.78, 5) is 22.0. The van der Waals surface area contributed by atoms with Crippen molar-refractivity contribution in [2.45, 2.75) is 38.8 Å². The first-order valence-electron chi connectivity index (χ1n) is 9.63. The minimum absolute atomic E-state index is 0.101. The highest BCUT2D eigenvalue weighted by Gasteiger charge is 2.20. The van der Waals surface area contributed by atoms with Gasteiger partial charge >= 0.3 is 0 Å².